The number of nitrogens with zero attached hydrogens (tertiary/aromatic N) is 2. The second-order valence-corrected chi connectivity index (χ2v) is 5.06. The number of anilines is 1. The fraction of sp³-hybridized carbons (Fsp3) is 0.308. The van der Waals surface area contributed by atoms with E-state index in [1.807, 2.05) is 12.1 Å². The van der Waals surface area contributed by atoms with Crippen LogP contribution in [0.4, 0.5) is 5.82 Å². The van der Waals surface area contributed by atoms with E-state index >= 15 is 0 Å². The number of aryl methyl sites for hydroxylation is 1. The minimum absolute atomic E-state index is 0.472. The van der Waals surface area contributed by atoms with Gasteiger partial charge < -0.3 is 15.2 Å². The summed E-state index contributed by atoms with van der Waals surface area (Å²) in [6.45, 7) is 0.472. The zero-order valence-corrected chi connectivity index (χ0v) is 12.7. The highest BCUT2D eigenvalue weighted by Crippen LogP contribution is 2.39. The largest absolute Gasteiger partial charge is 0.496 e. The van der Waals surface area contributed by atoms with Crippen LogP contribution in [0.1, 0.15) is 5.56 Å². The van der Waals surface area contributed by atoms with Crippen LogP contribution in [0.25, 0.3) is 11.1 Å². The summed E-state index contributed by atoms with van der Waals surface area (Å²) in [6.07, 6.45) is 1.74. The van der Waals surface area contributed by atoms with E-state index in [-0.39, 0.29) is 0 Å². The highest BCUT2D eigenvalue weighted by Gasteiger charge is 2.17. The second kappa shape index (κ2) is 5.63. The van der Waals surface area contributed by atoms with Crippen LogP contribution in [0.2, 0.25) is 0 Å². The minimum Gasteiger partial charge on any atom is -0.496 e. The standard InChI is InChI=1S/C13H16BrN3O2/c1-17-13(15)10(6-16-17)12-8(7-18-2)4-9(14)5-11(12)19-3/h4-6H,7,15H2,1-3H3. The van der Waals surface area contributed by atoms with Crippen LogP contribution in [0, 0.1) is 0 Å². The molecule has 102 valence electrons. The molecule has 0 bridgehead atoms. The third kappa shape index (κ3) is 2.59. The number of nitrogens with two attached hydrogens (primary N) is 1. The molecule has 5 nitrogen and oxygen atoms in total. The van der Waals surface area contributed by atoms with Crippen molar-refractivity contribution in [2.75, 3.05) is 20.0 Å². The lowest BCUT2D eigenvalue weighted by Crippen LogP contribution is -2.01. The first kappa shape index (κ1) is 13.9. The Bertz CT molecular complexity index is 596. The maximum Gasteiger partial charge on any atom is 0.129 e. The molecular formula is C13H16BrN3O2. The van der Waals surface area contributed by atoms with E-state index < -0.39 is 0 Å². The second-order valence-electron chi connectivity index (χ2n) is 4.14. The number of halogens is 1. The van der Waals surface area contributed by atoms with Crippen LogP contribution in [-0.2, 0) is 18.4 Å². The van der Waals surface area contributed by atoms with Crippen LogP contribution in [0.15, 0.2) is 22.8 Å². The van der Waals surface area contributed by atoms with Gasteiger partial charge in [0.05, 0.1) is 19.9 Å². The van der Waals surface area contributed by atoms with Crippen molar-refractivity contribution in [1.82, 2.24) is 9.78 Å². The average molecular weight is 326 g/mol. The van der Waals surface area contributed by atoms with Gasteiger partial charge in [-0.15, -0.1) is 0 Å². The summed E-state index contributed by atoms with van der Waals surface area (Å²) in [5.74, 6) is 1.33. The van der Waals surface area contributed by atoms with Gasteiger partial charge in [0.25, 0.3) is 0 Å². The van der Waals surface area contributed by atoms with Crippen molar-refractivity contribution < 1.29 is 9.47 Å². The zero-order chi connectivity index (χ0) is 14.0. The van der Waals surface area contributed by atoms with Crippen molar-refractivity contribution >= 4 is 21.7 Å². The van der Waals surface area contributed by atoms with E-state index in [0.29, 0.717) is 12.4 Å². The normalized spacial score (nSPS) is 10.7. The fourth-order valence-corrected chi connectivity index (χ4v) is 2.50. The number of rotatable bonds is 4. The molecule has 0 aliphatic rings. The molecule has 0 fully saturated rings. The Morgan fingerprint density at radius 3 is 2.63 bits per heavy atom. The molecule has 0 saturated heterocycles. The van der Waals surface area contributed by atoms with Gasteiger partial charge >= 0.3 is 0 Å². The molecule has 2 N–H and O–H groups in total. The molecule has 1 aromatic carbocycles. The van der Waals surface area contributed by atoms with Gasteiger partial charge in [-0.1, -0.05) is 15.9 Å². The summed E-state index contributed by atoms with van der Waals surface area (Å²) in [7, 11) is 5.10. The summed E-state index contributed by atoms with van der Waals surface area (Å²) < 4.78 is 13.3. The van der Waals surface area contributed by atoms with Crippen LogP contribution in [0.3, 0.4) is 0 Å². The predicted octanol–water partition coefficient (Wildman–Crippen LogP) is 2.59. The van der Waals surface area contributed by atoms with Crippen molar-refractivity contribution in [3.05, 3.63) is 28.4 Å². The van der Waals surface area contributed by atoms with Gasteiger partial charge in [0.15, 0.2) is 0 Å². The van der Waals surface area contributed by atoms with Crippen molar-refractivity contribution in [2.24, 2.45) is 7.05 Å². The summed E-state index contributed by atoms with van der Waals surface area (Å²) >= 11 is 3.47. The van der Waals surface area contributed by atoms with Crippen LogP contribution < -0.4 is 10.5 Å². The van der Waals surface area contributed by atoms with E-state index in [1.54, 1.807) is 32.1 Å². The SMILES string of the molecule is COCc1cc(Br)cc(OC)c1-c1cnn(C)c1N. The highest BCUT2D eigenvalue weighted by atomic mass is 79.9. The number of ether oxygens (including phenoxy) is 2. The fourth-order valence-electron chi connectivity index (χ4n) is 2.01. The minimum atomic E-state index is 0.472. The molecule has 2 aromatic rings. The molecule has 0 saturated carbocycles. The molecule has 0 spiro atoms. The smallest absolute Gasteiger partial charge is 0.129 e. The monoisotopic (exact) mass is 325 g/mol. The van der Waals surface area contributed by atoms with E-state index in [4.69, 9.17) is 15.2 Å². The first-order valence-electron chi connectivity index (χ1n) is 5.71. The lowest BCUT2D eigenvalue weighted by atomic mass is 10.0. The topological polar surface area (TPSA) is 62.3 Å². The molecule has 6 heteroatoms. The molecule has 1 aromatic heterocycles. The molecular weight excluding hydrogens is 310 g/mol. The van der Waals surface area contributed by atoms with Gasteiger partial charge in [0.2, 0.25) is 0 Å². The molecule has 0 unspecified atom stereocenters. The average Bonchev–Trinajstić information content (AvgIpc) is 2.70. The zero-order valence-electron chi connectivity index (χ0n) is 11.1. The van der Waals surface area contributed by atoms with Crippen molar-refractivity contribution in [1.29, 1.82) is 0 Å². The lowest BCUT2D eigenvalue weighted by Gasteiger charge is -2.14. The number of nitrogen functional groups attached to an aromatic ring is 1. The quantitative estimate of drug-likeness (QED) is 0.938. The first-order chi connectivity index (χ1) is 9.08. The Morgan fingerprint density at radius 2 is 2.11 bits per heavy atom. The third-order valence-electron chi connectivity index (χ3n) is 2.92. The lowest BCUT2D eigenvalue weighted by molar-refractivity contribution is 0.185. The van der Waals surface area contributed by atoms with Crippen molar-refractivity contribution in [2.45, 2.75) is 6.61 Å². The number of aromatic nitrogens is 2. The summed E-state index contributed by atoms with van der Waals surface area (Å²) in [6, 6.07) is 3.90. The Kier molecular flexibility index (Phi) is 4.11. The van der Waals surface area contributed by atoms with Crippen LogP contribution in [-0.4, -0.2) is 24.0 Å². The summed E-state index contributed by atoms with van der Waals surface area (Å²) in [5.41, 5.74) is 8.81. The molecule has 2 rings (SSSR count). The third-order valence-corrected chi connectivity index (χ3v) is 3.38. The van der Waals surface area contributed by atoms with Gasteiger partial charge in [-0.05, 0) is 17.7 Å². The maximum atomic E-state index is 6.05. The molecule has 0 atom stereocenters. The Hall–Kier alpha value is -1.53. The Morgan fingerprint density at radius 1 is 1.37 bits per heavy atom. The van der Waals surface area contributed by atoms with E-state index in [0.717, 1.165) is 26.9 Å². The Balaban J connectivity index is 2.68. The maximum absolute atomic E-state index is 6.05. The van der Waals surface area contributed by atoms with Gasteiger partial charge in [-0.2, -0.15) is 5.10 Å². The van der Waals surface area contributed by atoms with Gasteiger partial charge in [0, 0.05) is 29.8 Å². The molecule has 19 heavy (non-hydrogen) atoms. The molecule has 0 aliphatic carbocycles. The van der Waals surface area contributed by atoms with Crippen molar-refractivity contribution in [3.63, 3.8) is 0 Å². The van der Waals surface area contributed by atoms with E-state index in [2.05, 4.69) is 21.0 Å². The van der Waals surface area contributed by atoms with Crippen LogP contribution >= 0.6 is 15.9 Å². The number of hydrogen-bond acceptors (Lipinski definition) is 4. The van der Waals surface area contributed by atoms with Crippen molar-refractivity contribution in [3.8, 4) is 16.9 Å². The van der Waals surface area contributed by atoms with Gasteiger partial charge in [-0.3, -0.25) is 4.68 Å². The highest BCUT2D eigenvalue weighted by molar-refractivity contribution is 9.10. The van der Waals surface area contributed by atoms with Gasteiger partial charge in [-0.25, -0.2) is 0 Å². The Labute approximate surface area is 120 Å². The first-order valence-corrected chi connectivity index (χ1v) is 6.51. The molecule has 0 amide bonds. The molecule has 0 aliphatic heterocycles. The molecule has 0 radical (unpaired) electrons. The predicted molar refractivity (Wildman–Crippen MR) is 78.0 cm³/mol. The molecule has 1 heterocycles. The van der Waals surface area contributed by atoms with Crippen LogP contribution in [0.5, 0.6) is 5.75 Å². The van der Waals surface area contributed by atoms with E-state index in [9.17, 15) is 0 Å². The number of hydrogen-bond donors (Lipinski definition) is 1. The van der Waals surface area contributed by atoms with E-state index in [1.165, 1.54) is 0 Å². The summed E-state index contributed by atoms with van der Waals surface area (Å²) in [4.78, 5) is 0. The van der Waals surface area contributed by atoms with Gasteiger partial charge in [0.1, 0.15) is 11.6 Å². The summed E-state index contributed by atoms with van der Waals surface area (Å²) in [5, 5.41) is 4.18. The number of methoxy groups -OCH3 is 2. The number of benzene rings is 1.